The van der Waals surface area contributed by atoms with E-state index in [0.29, 0.717) is 0 Å². The van der Waals surface area contributed by atoms with Crippen LogP contribution in [0, 0.1) is 15.3 Å². The molecule has 1 saturated heterocycles. The van der Waals surface area contributed by atoms with Crippen LogP contribution >= 0.6 is 0 Å². The van der Waals surface area contributed by atoms with Gasteiger partial charge in [0.1, 0.15) is 4.92 Å². The van der Waals surface area contributed by atoms with Crippen LogP contribution in [0.3, 0.4) is 0 Å². The van der Waals surface area contributed by atoms with Crippen molar-refractivity contribution in [2.75, 3.05) is 20.3 Å². The van der Waals surface area contributed by atoms with Crippen molar-refractivity contribution in [1.82, 2.24) is 5.32 Å². The van der Waals surface area contributed by atoms with E-state index in [9.17, 15) is 20.1 Å². The monoisotopic (exact) mass is 262 g/mol. The van der Waals surface area contributed by atoms with Gasteiger partial charge in [0.15, 0.2) is 19.0 Å². The van der Waals surface area contributed by atoms with Crippen molar-refractivity contribution < 1.29 is 24.1 Å². The Morgan fingerprint density at radius 2 is 1.83 bits per heavy atom. The van der Waals surface area contributed by atoms with Crippen molar-refractivity contribution in [3.63, 3.8) is 0 Å². The van der Waals surface area contributed by atoms with Crippen molar-refractivity contribution in [2.45, 2.75) is 25.3 Å². The fourth-order valence-electron chi connectivity index (χ4n) is 1.17. The first kappa shape index (κ1) is 14.3. The van der Waals surface area contributed by atoms with E-state index in [2.05, 4.69) is 10.4 Å². The Morgan fingerprint density at radius 1 is 1.33 bits per heavy atom. The molecule has 1 fully saturated rings. The minimum absolute atomic E-state index is 0.291. The van der Waals surface area contributed by atoms with E-state index in [4.69, 9.17) is 9.47 Å². The molecule has 1 heterocycles. The Kier molecular flexibility index (Phi) is 3.82. The van der Waals surface area contributed by atoms with E-state index in [0.717, 1.165) is 0 Å². The number of nitro groups is 1. The second-order valence-corrected chi connectivity index (χ2v) is 4.14. The molecule has 0 atom stereocenters. The molecule has 0 aromatic heterocycles. The highest BCUT2D eigenvalue weighted by Crippen LogP contribution is 2.26. The zero-order chi connectivity index (χ0) is 14.0. The number of rotatable bonds is 2. The van der Waals surface area contributed by atoms with E-state index >= 15 is 0 Å². The first-order chi connectivity index (χ1) is 8.23. The van der Waals surface area contributed by atoms with Crippen LogP contribution in [-0.2, 0) is 9.47 Å². The minimum Gasteiger partial charge on any atom is -0.594 e. The van der Waals surface area contributed by atoms with Crippen molar-refractivity contribution in [3.8, 4) is 0 Å². The summed E-state index contributed by atoms with van der Waals surface area (Å²) in [5.74, 6) is -1.02. The number of nitrogens with one attached hydrogen (secondary N) is 1. The van der Waals surface area contributed by atoms with E-state index in [-0.39, 0.29) is 4.86 Å². The van der Waals surface area contributed by atoms with Gasteiger partial charge < -0.3 is 20.0 Å². The lowest BCUT2D eigenvalue weighted by atomic mass is 10.2. The standard InChI is InChI=1S/C8H14N4O6/c1-7(2)17-4-8(5-18-7,12(15)16)11(14)10-6(13)9-3/h4-5H2,1-3H3,(H,9,13)/b11-10-. The highest BCUT2D eigenvalue weighted by Gasteiger charge is 2.60. The highest BCUT2D eigenvalue weighted by atomic mass is 16.7. The number of hydrogen-bond acceptors (Lipinski definition) is 6. The Labute approximate surface area is 102 Å². The number of amides is 2. The summed E-state index contributed by atoms with van der Waals surface area (Å²) < 4.78 is 10.2. The van der Waals surface area contributed by atoms with Crippen LogP contribution in [0.5, 0.6) is 0 Å². The summed E-state index contributed by atoms with van der Waals surface area (Å²) in [4.78, 5) is 20.8. The molecule has 1 rings (SSSR count). The lowest BCUT2D eigenvalue weighted by Gasteiger charge is -2.34. The number of nitrogens with zero attached hydrogens (tertiary/aromatic N) is 3. The van der Waals surface area contributed by atoms with Crippen molar-refractivity contribution in [3.05, 3.63) is 15.3 Å². The number of hydrogen-bond donors (Lipinski definition) is 1. The van der Waals surface area contributed by atoms with Crippen molar-refractivity contribution in [2.24, 2.45) is 5.11 Å². The predicted molar refractivity (Wildman–Crippen MR) is 56.2 cm³/mol. The smallest absolute Gasteiger partial charge is 0.484 e. The molecule has 1 aliphatic heterocycles. The lowest BCUT2D eigenvalue weighted by Crippen LogP contribution is -2.60. The van der Waals surface area contributed by atoms with E-state index in [1.165, 1.54) is 7.05 Å². The molecule has 0 unspecified atom stereocenters. The van der Waals surface area contributed by atoms with Gasteiger partial charge in [-0.2, -0.15) is 0 Å². The highest BCUT2D eigenvalue weighted by molar-refractivity contribution is 5.73. The molecule has 0 aliphatic carbocycles. The van der Waals surface area contributed by atoms with Crippen LogP contribution in [0.2, 0.25) is 0 Å². The minimum atomic E-state index is -2.25. The topological polar surface area (TPSA) is 129 Å². The molecule has 0 radical (unpaired) electrons. The molecule has 1 aliphatic rings. The van der Waals surface area contributed by atoms with E-state index in [1.54, 1.807) is 13.8 Å². The van der Waals surface area contributed by atoms with Gasteiger partial charge in [-0.3, -0.25) is 10.1 Å². The average Bonchev–Trinajstić information content (AvgIpc) is 2.28. The molecule has 10 heteroatoms. The van der Waals surface area contributed by atoms with Gasteiger partial charge in [-0.05, 0) is 18.7 Å². The molecule has 0 spiro atoms. The molecule has 18 heavy (non-hydrogen) atoms. The normalized spacial score (nSPS) is 22.3. The Bertz CT molecular complexity index is 383. The van der Waals surface area contributed by atoms with Gasteiger partial charge in [-0.15, -0.1) is 0 Å². The second kappa shape index (κ2) is 4.82. The van der Waals surface area contributed by atoms with Crippen LogP contribution in [-0.4, -0.2) is 47.5 Å². The summed E-state index contributed by atoms with van der Waals surface area (Å²) in [5, 5.41) is 27.7. The Morgan fingerprint density at radius 3 is 2.22 bits per heavy atom. The molecule has 0 bridgehead atoms. The van der Waals surface area contributed by atoms with Gasteiger partial charge in [0.25, 0.3) is 0 Å². The van der Waals surface area contributed by atoms with Crippen LogP contribution in [0.25, 0.3) is 0 Å². The third-order valence-electron chi connectivity index (χ3n) is 2.39. The zero-order valence-electron chi connectivity index (χ0n) is 10.2. The number of azo groups is 1. The second-order valence-electron chi connectivity index (χ2n) is 4.14. The Hall–Kier alpha value is -1.81. The summed E-state index contributed by atoms with van der Waals surface area (Å²) in [6, 6.07) is -0.990. The quantitative estimate of drug-likeness (QED) is 0.246. The van der Waals surface area contributed by atoms with Gasteiger partial charge >= 0.3 is 11.7 Å². The summed E-state index contributed by atoms with van der Waals surface area (Å²) in [7, 11) is 1.25. The molecule has 102 valence electrons. The van der Waals surface area contributed by atoms with Crippen molar-refractivity contribution >= 4 is 6.03 Å². The largest absolute Gasteiger partial charge is 0.594 e. The third-order valence-corrected chi connectivity index (χ3v) is 2.39. The number of ether oxygens (including phenoxy) is 2. The van der Waals surface area contributed by atoms with E-state index < -0.39 is 35.6 Å². The molecular formula is C8H14N4O6. The number of hydroxylamine groups is 1. The summed E-state index contributed by atoms with van der Waals surface area (Å²) in [6.07, 6.45) is 0. The van der Waals surface area contributed by atoms with Gasteiger partial charge in [0, 0.05) is 7.05 Å². The van der Waals surface area contributed by atoms with Gasteiger partial charge in [0.2, 0.25) is 0 Å². The molecule has 1 N–H and O–H groups in total. The van der Waals surface area contributed by atoms with Crippen LogP contribution in [0.4, 0.5) is 4.79 Å². The maximum Gasteiger partial charge on any atom is 0.484 e. The van der Waals surface area contributed by atoms with Gasteiger partial charge in [0.05, 0.1) is 5.11 Å². The molecule has 0 aromatic carbocycles. The van der Waals surface area contributed by atoms with Crippen LogP contribution < -0.4 is 5.32 Å². The fraction of sp³-hybridized carbons (Fsp3) is 0.875. The average molecular weight is 262 g/mol. The lowest BCUT2D eigenvalue weighted by molar-refractivity contribution is -0.825. The fourth-order valence-corrected chi connectivity index (χ4v) is 1.17. The maximum absolute atomic E-state index is 11.6. The van der Waals surface area contributed by atoms with Gasteiger partial charge in [-0.1, -0.05) is 0 Å². The summed E-state index contributed by atoms with van der Waals surface area (Å²) >= 11 is 0. The molecule has 0 saturated carbocycles. The zero-order valence-corrected chi connectivity index (χ0v) is 10.2. The molecular weight excluding hydrogens is 248 g/mol. The summed E-state index contributed by atoms with van der Waals surface area (Å²) in [6.45, 7) is 2.05. The van der Waals surface area contributed by atoms with Gasteiger partial charge in [-0.25, -0.2) is 4.79 Å². The molecule has 10 nitrogen and oxygen atoms in total. The first-order valence-corrected chi connectivity index (χ1v) is 5.07. The number of carbonyl (C=O) groups is 1. The number of carbonyl (C=O) groups excluding carboxylic acids is 1. The van der Waals surface area contributed by atoms with Crippen LogP contribution in [0.15, 0.2) is 5.11 Å². The number of urea groups is 1. The third kappa shape index (κ3) is 2.71. The van der Waals surface area contributed by atoms with Crippen molar-refractivity contribution in [1.29, 1.82) is 0 Å². The SMILES string of the molecule is CNC(=O)/N=[N+](\[O-])C1([N+](=O)[O-])COC(C)(C)OC1. The molecule has 0 aromatic rings. The summed E-state index contributed by atoms with van der Waals surface area (Å²) in [5.41, 5.74) is -2.25. The van der Waals surface area contributed by atoms with Crippen LogP contribution in [0.1, 0.15) is 13.8 Å². The molecule has 2 amide bonds. The van der Waals surface area contributed by atoms with E-state index in [1.807, 2.05) is 0 Å². The maximum atomic E-state index is 11.6. The first-order valence-electron chi connectivity index (χ1n) is 5.07. The predicted octanol–water partition coefficient (Wildman–Crippen LogP) is 0.0442. The Balaban J connectivity index is 3.00.